The average molecular weight is 171 g/mol. The molecule has 0 radical (unpaired) electrons. The molecule has 0 aromatic carbocycles. The SMILES string of the molecule is C=CCCC=C.C[Si](C)(C)N. The van der Waals surface area contributed by atoms with Crippen LogP contribution < -0.4 is 5.40 Å². The Kier molecular flexibility index (Phi) is 9.36. The van der Waals surface area contributed by atoms with Crippen LogP contribution in [0.15, 0.2) is 25.3 Å². The van der Waals surface area contributed by atoms with Crippen molar-refractivity contribution in [2.24, 2.45) is 5.40 Å². The van der Waals surface area contributed by atoms with E-state index in [9.17, 15) is 0 Å². The van der Waals surface area contributed by atoms with Gasteiger partial charge in [0.05, 0.1) is 0 Å². The standard InChI is InChI=1S/C6H10.C3H11NSi/c1-3-5-6-4-2;1-5(2,3)4/h3-4H,1-2,5-6H2;4H2,1-3H3. The first-order valence-corrected chi connectivity index (χ1v) is 7.50. The van der Waals surface area contributed by atoms with Gasteiger partial charge in [-0.25, -0.2) is 0 Å². The Hall–Kier alpha value is -0.343. The summed E-state index contributed by atoms with van der Waals surface area (Å²) < 4.78 is 0. The maximum absolute atomic E-state index is 5.49. The summed E-state index contributed by atoms with van der Waals surface area (Å²) in [6.45, 7) is 13.4. The second-order valence-corrected chi connectivity index (χ2v) is 8.25. The van der Waals surface area contributed by atoms with Gasteiger partial charge in [-0.05, 0) is 12.8 Å². The molecule has 11 heavy (non-hydrogen) atoms. The fourth-order valence-electron chi connectivity index (χ4n) is 0.236. The van der Waals surface area contributed by atoms with Gasteiger partial charge >= 0.3 is 0 Å². The van der Waals surface area contributed by atoms with Gasteiger partial charge in [0, 0.05) is 0 Å². The van der Waals surface area contributed by atoms with E-state index in [1.165, 1.54) is 0 Å². The van der Waals surface area contributed by atoms with E-state index in [0.717, 1.165) is 12.8 Å². The molecule has 0 fully saturated rings. The zero-order valence-electron chi connectivity index (χ0n) is 8.06. The van der Waals surface area contributed by atoms with Gasteiger partial charge in [0.25, 0.3) is 0 Å². The molecule has 0 atom stereocenters. The van der Waals surface area contributed by atoms with Crippen LogP contribution in [0, 0.1) is 0 Å². The minimum absolute atomic E-state index is 1.06. The lowest BCUT2D eigenvalue weighted by Crippen LogP contribution is -2.32. The summed E-state index contributed by atoms with van der Waals surface area (Å²) in [6.07, 6.45) is 5.90. The van der Waals surface area contributed by atoms with E-state index in [0.29, 0.717) is 0 Å². The van der Waals surface area contributed by atoms with Gasteiger partial charge < -0.3 is 5.40 Å². The van der Waals surface area contributed by atoms with Crippen molar-refractivity contribution in [3.8, 4) is 0 Å². The minimum atomic E-state index is -1.11. The summed E-state index contributed by atoms with van der Waals surface area (Å²) in [5.41, 5.74) is 0. The first kappa shape index (κ1) is 13.3. The van der Waals surface area contributed by atoms with Gasteiger partial charge in [0.2, 0.25) is 0 Å². The highest BCUT2D eigenvalue weighted by Gasteiger charge is 2.00. The maximum Gasteiger partial charge on any atom is 0.113 e. The molecule has 0 aromatic heterocycles. The molecule has 0 rings (SSSR count). The van der Waals surface area contributed by atoms with Crippen LogP contribution in [0.2, 0.25) is 19.6 Å². The van der Waals surface area contributed by atoms with Crippen molar-refractivity contribution in [1.82, 2.24) is 0 Å². The molecule has 66 valence electrons. The first-order valence-electron chi connectivity index (χ1n) is 3.92. The molecule has 0 unspecified atom stereocenters. The van der Waals surface area contributed by atoms with Crippen LogP contribution in [0.5, 0.6) is 0 Å². The van der Waals surface area contributed by atoms with Crippen molar-refractivity contribution < 1.29 is 0 Å². The van der Waals surface area contributed by atoms with E-state index in [1.807, 2.05) is 12.2 Å². The van der Waals surface area contributed by atoms with E-state index in [4.69, 9.17) is 5.40 Å². The quantitative estimate of drug-likeness (QED) is 0.394. The molecule has 0 saturated carbocycles. The predicted molar refractivity (Wildman–Crippen MR) is 57.2 cm³/mol. The van der Waals surface area contributed by atoms with Gasteiger partial charge in [-0.1, -0.05) is 31.8 Å². The van der Waals surface area contributed by atoms with Crippen molar-refractivity contribution in [1.29, 1.82) is 0 Å². The summed E-state index contributed by atoms with van der Waals surface area (Å²) >= 11 is 0. The number of hydrogen-bond donors (Lipinski definition) is 1. The van der Waals surface area contributed by atoms with Crippen LogP contribution in [-0.2, 0) is 0 Å². The molecule has 0 aliphatic rings. The van der Waals surface area contributed by atoms with Crippen LogP contribution in [-0.4, -0.2) is 8.24 Å². The number of allylic oxidation sites excluding steroid dienone is 2. The highest BCUT2D eigenvalue weighted by Crippen LogP contribution is 1.86. The number of unbranched alkanes of at least 4 members (excludes halogenated alkanes) is 1. The Balaban J connectivity index is 0. The molecular weight excluding hydrogens is 150 g/mol. The molecule has 0 aliphatic carbocycles. The van der Waals surface area contributed by atoms with E-state index in [1.54, 1.807) is 0 Å². The molecule has 2 heteroatoms. The van der Waals surface area contributed by atoms with Crippen LogP contribution in [0.1, 0.15) is 12.8 Å². The van der Waals surface area contributed by atoms with E-state index in [2.05, 4.69) is 32.8 Å². The summed E-state index contributed by atoms with van der Waals surface area (Å²) in [5.74, 6) is 0. The zero-order chi connectivity index (χ0) is 9.33. The number of hydrogen-bond acceptors (Lipinski definition) is 1. The summed E-state index contributed by atoms with van der Waals surface area (Å²) in [5, 5.41) is 5.49. The van der Waals surface area contributed by atoms with Crippen molar-refractivity contribution in [2.45, 2.75) is 32.5 Å². The summed E-state index contributed by atoms with van der Waals surface area (Å²) in [6, 6.07) is 0. The smallest absolute Gasteiger partial charge is 0.113 e. The largest absolute Gasteiger partial charge is 0.351 e. The Morgan fingerprint density at radius 2 is 1.27 bits per heavy atom. The van der Waals surface area contributed by atoms with E-state index < -0.39 is 8.24 Å². The van der Waals surface area contributed by atoms with E-state index in [-0.39, 0.29) is 0 Å². The molecule has 0 spiro atoms. The third kappa shape index (κ3) is 80.2. The highest BCUT2D eigenvalue weighted by molar-refractivity contribution is 6.72. The van der Waals surface area contributed by atoms with Crippen molar-refractivity contribution in [2.75, 3.05) is 0 Å². The molecule has 0 heterocycles. The third-order valence-corrected chi connectivity index (χ3v) is 0.575. The molecule has 0 bridgehead atoms. The Morgan fingerprint density at radius 1 is 1.09 bits per heavy atom. The van der Waals surface area contributed by atoms with Crippen LogP contribution in [0.4, 0.5) is 0 Å². The van der Waals surface area contributed by atoms with Crippen LogP contribution >= 0.6 is 0 Å². The fourth-order valence-corrected chi connectivity index (χ4v) is 0.236. The van der Waals surface area contributed by atoms with Gasteiger partial charge in [-0.15, -0.1) is 13.2 Å². The van der Waals surface area contributed by atoms with Crippen molar-refractivity contribution in [3.63, 3.8) is 0 Å². The van der Waals surface area contributed by atoms with Gasteiger partial charge in [-0.2, -0.15) is 0 Å². The Morgan fingerprint density at radius 3 is 1.36 bits per heavy atom. The highest BCUT2D eigenvalue weighted by atomic mass is 28.3. The first-order chi connectivity index (χ1) is 4.91. The molecule has 0 saturated heterocycles. The van der Waals surface area contributed by atoms with E-state index >= 15 is 0 Å². The van der Waals surface area contributed by atoms with Crippen LogP contribution in [0.3, 0.4) is 0 Å². The minimum Gasteiger partial charge on any atom is -0.351 e. The fraction of sp³-hybridized carbons (Fsp3) is 0.556. The monoisotopic (exact) mass is 171 g/mol. The Bertz CT molecular complexity index is 88.6. The molecule has 0 aliphatic heterocycles. The molecule has 0 amide bonds. The predicted octanol–water partition coefficient (Wildman–Crippen LogP) is 2.92. The average Bonchev–Trinajstić information content (AvgIpc) is 1.79. The lowest BCUT2D eigenvalue weighted by Gasteiger charge is -2.02. The maximum atomic E-state index is 5.49. The normalized spacial score (nSPS) is 9.45. The van der Waals surface area contributed by atoms with Gasteiger partial charge in [0.1, 0.15) is 8.24 Å². The Labute approximate surface area is 72.1 Å². The molecule has 1 nitrogen and oxygen atoms in total. The molecular formula is C9H21NSi. The second kappa shape index (κ2) is 7.76. The number of rotatable bonds is 3. The summed E-state index contributed by atoms with van der Waals surface area (Å²) in [4.78, 5) is 0. The third-order valence-electron chi connectivity index (χ3n) is 0.575. The lowest BCUT2D eigenvalue weighted by molar-refractivity contribution is 1.06. The van der Waals surface area contributed by atoms with Gasteiger partial charge in [-0.3, -0.25) is 0 Å². The van der Waals surface area contributed by atoms with Crippen molar-refractivity contribution in [3.05, 3.63) is 25.3 Å². The summed E-state index contributed by atoms with van der Waals surface area (Å²) in [7, 11) is -1.11. The zero-order valence-corrected chi connectivity index (χ0v) is 9.06. The van der Waals surface area contributed by atoms with Gasteiger partial charge in [0.15, 0.2) is 0 Å². The molecule has 0 aromatic rings. The topological polar surface area (TPSA) is 26.0 Å². The second-order valence-electron chi connectivity index (χ2n) is 3.52. The van der Waals surface area contributed by atoms with Crippen LogP contribution in [0.25, 0.3) is 0 Å². The van der Waals surface area contributed by atoms with Crippen molar-refractivity contribution >= 4 is 8.24 Å². The molecule has 2 N–H and O–H groups in total. The number of nitrogens with two attached hydrogens (primary N) is 1. The lowest BCUT2D eigenvalue weighted by atomic mass is 10.3.